The third kappa shape index (κ3) is 4.62. The van der Waals surface area contributed by atoms with Crippen molar-refractivity contribution in [2.75, 3.05) is 7.11 Å². The summed E-state index contributed by atoms with van der Waals surface area (Å²) in [5.41, 5.74) is 7.34. The van der Waals surface area contributed by atoms with Crippen LogP contribution in [0.4, 0.5) is 0 Å². The van der Waals surface area contributed by atoms with Crippen LogP contribution in [0.5, 0.6) is 5.75 Å². The average molecular weight is 497 g/mol. The Morgan fingerprint density at radius 2 is 1.78 bits per heavy atom. The number of ether oxygens (including phenoxy) is 1. The van der Waals surface area contributed by atoms with Crippen LogP contribution in [0.15, 0.2) is 83.0 Å². The highest BCUT2D eigenvalue weighted by Crippen LogP contribution is 2.39. The number of benzene rings is 3. The Bertz CT molecular complexity index is 1440. The number of thiocarbonyl (C=S) groups is 1. The molecule has 1 aromatic heterocycles. The van der Waals surface area contributed by atoms with E-state index in [0.717, 1.165) is 28.1 Å². The number of rotatable bonds is 6. The summed E-state index contributed by atoms with van der Waals surface area (Å²) in [5.74, 6) is 1.78. The number of hydrogen-bond donors (Lipinski definition) is 1. The zero-order chi connectivity index (χ0) is 25.2. The second-order valence-electron chi connectivity index (χ2n) is 8.96. The van der Waals surface area contributed by atoms with Crippen molar-refractivity contribution in [2.45, 2.75) is 33.4 Å². The summed E-state index contributed by atoms with van der Waals surface area (Å²) in [6, 6.07) is 24.1. The van der Waals surface area contributed by atoms with Crippen LogP contribution >= 0.6 is 12.2 Å². The Hall–Kier alpha value is -3.97. The fourth-order valence-electron chi connectivity index (χ4n) is 4.43. The fraction of sp³-hybridized carbons (Fsp3) is 0.207. The zero-order valence-corrected chi connectivity index (χ0v) is 21.6. The maximum Gasteiger partial charge on any atom is 0.258 e. The minimum Gasteiger partial charge on any atom is -0.497 e. The molecular formula is C29H28N4O2S. The highest BCUT2D eigenvalue weighted by molar-refractivity contribution is 7.80. The molecule has 0 spiro atoms. The Morgan fingerprint density at radius 1 is 1.00 bits per heavy atom. The monoisotopic (exact) mass is 496 g/mol. The van der Waals surface area contributed by atoms with Crippen LogP contribution < -0.4 is 10.1 Å². The van der Waals surface area contributed by atoms with Gasteiger partial charge in [-0.1, -0.05) is 71.4 Å². The van der Waals surface area contributed by atoms with Crippen molar-refractivity contribution in [3.05, 3.63) is 107 Å². The first-order valence-corrected chi connectivity index (χ1v) is 12.2. The highest BCUT2D eigenvalue weighted by atomic mass is 32.1. The van der Waals surface area contributed by atoms with Crippen molar-refractivity contribution < 1.29 is 9.26 Å². The SMILES string of the molecule is COc1cccc(C2NC(=S)N(Cc3ccccc3C)C(C)=C2c2nc(-c3ccc(C)cc3)no2)c1. The van der Waals surface area contributed by atoms with E-state index in [2.05, 4.69) is 48.3 Å². The molecule has 0 amide bonds. The Labute approximate surface area is 216 Å². The number of allylic oxidation sites excluding steroid dienone is 1. The number of nitrogens with one attached hydrogen (secondary N) is 1. The molecule has 0 fully saturated rings. The van der Waals surface area contributed by atoms with Crippen LogP contribution in [0.25, 0.3) is 17.0 Å². The molecule has 0 bridgehead atoms. The predicted molar refractivity (Wildman–Crippen MR) is 145 cm³/mol. The highest BCUT2D eigenvalue weighted by Gasteiger charge is 2.34. The first-order chi connectivity index (χ1) is 17.4. The van der Waals surface area contributed by atoms with Crippen LogP contribution in [0.1, 0.15) is 41.1 Å². The van der Waals surface area contributed by atoms with Crippen LogP contribution in [0.3, 0.4) is 0 Å². The smallest absolute Gasteiger partial charge is 0.258 e. The second kappa shape index (κ2) is 9.95. The molecule has 1 aliphatic rings. The van der Waals surface area contributed by atoms with E-state index in [4.69, 9.17) is 26.5 Å². The van der Waals surface area contributed by atoms with E-state index < -0.39 is 0 Å². The molecule has 1 atom stereocenters. The van der Waals surface area contributed by atoms with E-state index in [1.54, 1.807) is 7.11 Å². The molecule has 6 nitrogen and oxygen atoms in total. The minimum atomic E-state index is -0.271. The second-order valence-corrected chi connectivity index (χ2v) is 9.35. The van der Waals surface area contributed by atoms with Crippen LogP contribution in [0, 0.1) is 13.8 Å². The van der Waals surface area contributed by atoms with Gasteiger partial charge in [0.2, 0.25) is 5.82 Å². The van der Waals surface area contributed by atoms with Crippen molar-refractivity contribution in [1.29, 1.82) is 0 Å². The van der Waals surface area contributed by atoms with Crippen LogP contribution in [0.2, 0.25) is 0 Å². The Balaban J connectivity index is 1.61. The molecular weight excluding hydrogens is 468 g/mol. The molecule has 1 aliphatic heterocycles. The molecule has 0 saturated heterocycles. The van der Waals surface area contributed by atoms with Gasteiger partial charge < -0.3 is 19.5 Å². The molecule has 0 saturated carbocycles. The fourth-order valence-corrected chi connectivity index (χ4v) is 4.75. The first kappa shape index (κ1) is 23.8. The summed E-state index contributed by atoms with van der Waals surface area (Å²) in [7, 11) is 1.66. The van der Waals surface area contributed by atoms with Crippen molar-refractivity contribution >= 4 is 22.9 Å². The van der Waals surface area contributed by atoms with Gasteiger partial charge in [-0.15, -0.1) is 0 Å². The van der Waals surface area contributed by atoms with Crippen molar-refractivity contribution in [2.24, 2.45) is 0 Å². The third-order valence-corrected chi connectivity index (χ3v) is 6.92. The van der Waals surface area contributed by atoms with Crippen LogP contribution in [-0.2, 0) is 6.54 Å². The van der Waals surface area contributed by atoms with E-state index in [1.165, 1.54) is 16.7 Å². The van der Waals surface area contributed by atoms with Crippen molar-refractivity contribution in [3.63, 3.8) is 0 Å². The minimum absolute atomic E-state index is 0.271. The molecule has 0 aliphatic carbocycles. The zero-order valence-electron chi connectivity index (χ0n) is 20.8. The average Bonchev–Trinajstić information content (AvgIpc) is 3.37. The summed E-state index contributed by atoms with van der Waals surface area (Å²) in [4.78, 5) is 6.91. The van der Waals surface area contributed by atoms with Gasteiger partial charge in [0.25, 0.3) is 5.89 Å². The summed E-state index contributed by atoms with van der Waals surface area (Å²) in [5, 5.41) is 8.48. The predicted octanol–water partition coefficient (Wildman–Crippen LogP) is 6.22. The molecule has 4 aromatic rings. The Kier molecular flexibility index (Phi) is 6.57. The third-order valence-electron chi connectivity index (χ3n) is 6.58. The van der Waals surface area contributed by atoms with Gasteiger partial charge in [0.05, 0.1) is 25.3 Å². The summed E-state index contributed by atoms with van der Waals surface area (Å²) < 4.78 is 11.4. The number of hydrogen-bond acceptors (Lipinski definition) is 5. The van der Waals surface area contributed by atoms with Crippen LogP contribution in [-0.4, -0.2) is 27.3 Å². The van der Waals surface area contributed by atoms with E-state index in [0.29, 0.717) is 23.4 Å². The lowest BCUT2D eigenvalue weighted by atomic mass is 9.94. The van der Waals surface area contributed by atoms with Crippen molar-refractivity contribution in [3.8, 4) is 17.1 Å². The van der Waals surface area contributed by atoms with E-state index >= 15 is 0 Å². The molecule has 1 unspecified atom stereocenters. The van der Waals surface area contributed by atoms with E-state index in [1.807, 2.05) is 60.7 Å². The number of aryl methyl sites for hydroxylation is 2. The van der Waals surface area contributed by atoms with Gasteiger partial charge in [-0.2, -0.15) is 4.98 Å². The molecule has 2 heterocycles. The largest absolute Gasteiger partial charge is 0.497 e. The molecule has 36 heavy (non-hydrogen) atoms. The summed E-state index contributed by atoms with van der Waals surface area (Å²) >= 11 is 5.86. The van der Waals surface area contributed by atoms with E-state index in [-0.39, 0.29) is 6.04 Å². The van der Waals surface area contributed by atoms with Gasteiger partial charge in [-0.05, 0) is 61.8 Å². The normalized spacial score (nSPS) is 15.7. The topological polar surface area (TPSA) is 63.4 Å². The van der Waals surface area contributed by atoms with Gasteiger partial charge in [-0.3, -0.25) is 0 Å². The molecule has 182 valence electrons. The molecule has 7 heteroatoms. The maximum absolute atomic E-state index is 5.86. The van der Waals surface area contributed by atoms with Gasteiger partial charge in [-0.25, -0.2) is 0 Å². The summed E-state index contributed by atoms with van der Waals surface area (Å²) in [6.45, 7) is 6.86. The number of nitrogens with zero attached hydrogens (tertiary/aromatic N) is 3. The first-order valence-electron chi connectivity index (χ1n) is 11.8. The van der Waals surface area contributed by atoms with Crippen molar-refractivity contribution in [1.82, 2.24) is 20.4 Å². The standard InChI is InChI=1S/C29H28N4O2S/c1-18-12-14-21(15-13-18)27-31-28(35-32-27)25-20(3)33(17-23-9-6-5-8-19(23)2)29(36)30-26(25)22-10-7-11-24(16-22)34-4/h5-16,26H,17H2,1-4H3,(H,30,36). The lowest BCUT2D eigenvalue weighted by Crippen LogP contribution is -2.45. The quantitative estimate of drug-likeness (QED) is 0.318. The van der Waals surface area contributed by atoms with E-state index in [9.17, 15) is 0 Å². The molecule has 1 N–H and O–H groups in total. The van der Waals surface area contributed by atoms with Gasteiger partial charge in [0, 0.05) is 11.3 Å². The van der Waals surface area contributed by atoms with Gasteiger partial charge >= 0.3 is 0 Å². The number of methoxy groups -OCH3 is 1. The maximum atomic E-state index is 5.86. The summed E-state index contributed by atoms with van der Waals surface area (Å²) in [6.07, 6.45) is 0. The Morgan fingerprint density at radius 3 is 2.53 bits per heavy atom. The lowest BCUT2D eigenvalue weighted by Gasteiger charge is -2.37. The number of aromatic nitrogens is 2. The molecule has 0 radical (unpaired) electrons. The lowest BCUT2D eigenvalue weighted by molar-refractivity contribution is 0.395. The molecule has 5 rings (SSSR count). The molecule has 3 aromatic carbocycles. The van der Waals surface area contributed by atoms with Gasteiger partial charge in [0.15, 0.2) is 5.11 Å². The van der Waals surface area contributed by atoms with Gasteiger partial charge in [0.1, 0.15) is 5.75 Å².